The Kier molecular flexibility index (Phi) is 3.58. The topological polar surface area (TPSA) is 62.7 Å². The highest BCUT2D eigenvalue weighted by atomic mass is 16.5. The summed E-state index contributed by atoms with van der Waals surface area (Å²) in [6.07, 6.45) is 3.35. The Morgan fingerprint density at radius 2 is 2.24 bits per heavy atom. The number of hydrogen-bond donors (Lipinski definition) is 1. The van der Waals surface area contributed by atoms with E-state index in [4.69, 9.17) is 9.84 Å². The molecule has 0 atom stereocenters. The molecule has 1 fully saturated rings. The van der Waals surface area contributed by atoms with Crippen molar-refractivity contribution in [3.63, 3.8) is 0 Å². The second-order valence-electron chi connectivity index (χ2n) is 4.13. The maximum Gasteiger partial charge on any atom is 0.356 e. The number of carboxylic acids is 1. The molecule has 1 aliphatic heterocycles. The van der Waals surface area contributed by atoms with Gasteiger partial charge < -0.3 is 14.7 Å². The van der Waals surface area contributed by atoms with E-state index in [2.05, 4.69) is 4.98 Å². The maximum atomic E-state index is 11.1. The summed E-state index contributed by atoms with van der Waals surface area (Å²) in [6.45, 7) is 1.47. The minimum absolute atomic E-state index is 0.112. The minimum atomic E-state index is -0.987. The molecule has 0 spiro atoms. The molecule has 1 aliphatic rings. The molecular weight excluding hydrogens is 220 g/mol. The smallest absolute Gasteiger partial charge is 0.356 e. The van der Waals surface area contributed by atoms with Crippen molar-refractivity contribution in [1.82, 2.24) is 4.98 Å². The standard InChI is InChI=1S/C12H16N2O3/c1-14(9-4-7-17-8-5-9)10-3-2-6-13-11(10)12(15)16/h2-3,6,9H,4-5,7-8H2,1H3,(H,15,16). The zero-order valence-corrected chi connectivity index (χ0v) is 9.80. The molecule has 2 rings (SSSR count). The van der Waals surface area contributed by atoms with Gasteiger partial charge in [0.15, 0.2) is 5.69 Å². The number of aromatic carboxylic acids is 1. The van der Waals surface area contributed by atoms with Gasteiger partial charge in [0.25, 0.3) is 0 Å². The van der Waals surface area contributed by atoms with Gasteiger partial charge in [-0.05, 0) is 25.0 Å². The fourth-order valence-corrected chi connectivity index (χ4v) is 2.12. The van der Waals surface area contributed by atoms with Gasteiger partial charge in [0.05, 0.1) is 5.69 Å². The number of pyridine rings is 1. The van der Waals surface area contributed by atoms with Gasteiger partial charge in [0.1, 0.15) is 0 Å². The molecule has 0 aromatic carbocycles. The van der Waals surface area contributed by atoms with Gasteiger partial charge in [-0.15, -0.1) is 0 Å². The highest BCUT2D eigenvalue weighted by Crippen LogP contribution is 2.23. The zero-order valence-electron chi connectivity index (χ0n) is 9.80. The van der Waals surface area contributed by atoms with Crippen LogP contribution in [0.5, 0.6) is 0 Å². The fourth-order valence-electron chi connectivity index (χ4n) is 2.12. The Labute approximate surface area is 100 Å². The van der Waals surface area contributed by atoms with Crippen molar-refractivity contribution in [3.8, 4) is 0 Å². The van der Waals surface area contributed by atoms with Crippen molar-refractivity contribution in [3.05, 3.63) is 24.0 Å². The number of aromatic nitrogens is 1. The number of rotatable bonds is 3. The van der Waals surface area contributed by atoms with E-state index < -0.39 is 5.97 Å². The van der Waals surface area contributed by atoms with Crippen LogP contribution in [0.4, 0.5) is 5.69 Å². The summed E-state index contributed by atoms with van der Waals surface area (Å²) >= 11 is 0. The molecule has 5 heteroatoms. The van der Waals surface area contributed by atoms with Gasteiger partial charge in [-0.1, -0.05) is 0 Å². The molecule has 1 aromatic rings. The second kappa shape index (κ2) is 5.14. The van der Waals surface area contributed by atoms with Crippen LogP contribution in [0, 0.1) is 0 Å². The number of carboxylic acid groups (broad SMARTS) is 1. The number of anilines is 1. The number of ether oxygens (including phenoxy) is 1. The molecule has 1 N–H and O–H groups in total. The molecule has 1 saturated heterocycles. The molecule has 17 heavy (non-hydrogen) atoms. The molecule has 0 unspecified atom stereocenters. The lowest BCUT2D eigenvalue weighted by molar-refractivity contribution is 0.0690. The van der Waals surface area contributed by atoms with Crippen LogP contribution in [0.2, 0.25) is 0 Å². The van der Waals surface area contributed by atoms with Crippen molar-refractivity contribution in [1.29, 1.82) is 0 Å². The van der Waals surface area contributed by atoms with Gasteiger partial charge in [0.2, 0.25) is 0 Å². The Hall–Kier alpha value is -1.62. The SMILES string of the molecule is CN(c1cccnc1C(=O)O)C1CCOCC1. The fraction of sp³-hybridized carbons (Fsp3) is 0.500. The third kappa shape index (κ3) is 2.55. The van der Waals surface area contributed by atoms with Gasteiger partial charge in [0, 0.05) is 32.5 Å². The van der Waals surface area contributed by atoms with Crippen LogP contribution in [-0.4, -0.2) is 42.4 Å². The van der Waals surface area contributed by atoms with Gasteiger partial charge in [-0.2, -0.15) is 0 Å². The first-order chi connectivity index (χ1) is 8.20. The van der Waals surface area contributed by atoms with E-state index >= 15 is 0 Å². The lowest BCUT2D eigenvalue weighted by Gasteiger charge is -2.33. The van der Waals surface area contributed by atoms with Crippen molar-refractivity contribution < 1.29 is 14.6 Å². The summed E-state index contributed by atoms with van der Waals surface area (Å²) in [5.41, 5.74) is 0.786. The largest absolute Gasteiger partial charge is 0.476 e. The normalized spacial score (nSPS) is 16.8. The van der Waals surface area contributed by atoms with E-state index in [0.717, 1.165) is 26.1 Å². The monoisotopic (exact) mass is 236 g/mol. The van der Waals surface area contributed by atoms with Crippen LogP contribution in [0.15, 0.2) is 18.3 Å². The van der Waals surface area contributed by atoms with Crippen LogP contribution in [0.3, 0.4) is 0 Å². The van der Waals surface area contributed by atoms with E-state index in [1.807, 2.05) is 11.9 Å². The van der Waals surface area contributed by atoms with Crippen molar-refractivity contribution >= 4 is 11.7 Å². The quantitative estimate of drug-likeness (QED) is 0.859. The van der Waals surface area contributed by atoms with Gasteiger partial charge >= 0.3 is 5.97 Å². The molecule has 1 aromatic heterocycles. The summed E-state index contributed by atoms with van der Waals surface area (Å²) in [5, 5.41) is 9.10. The van der Waals surface area contributed by atoms with Crippen molar-refractivity contribution in [2.75, 3.05) is 25.2 Å². The third-order valence-corrected chi connectivity index (χ3v) is 3.11. The van der Waals surface area contributed by atoms with Gasteiger partial charge in [-0.25, -0.2) is 9.78 Å². The lowest BCUT2D eigenvalue weighted by Crippen LogP contribution is -2.37. The Morgan fingerprint density at radius 1 is 1.53 bits per heavy atom. The molecule has 0 bridgehead atoms. The van der Waals surface area contributed by atoms with E-state index in [1.54, 1.807) is 12.1 Å². The van der Waals surface area contributed by atoms with Crippen molar-refractivity contribution in [2.24, 2.45) is 0 Å². The van der Waals surface area contributed by atoms with Crippen LogP contribution < -0.4 is 4.90 Å². The predicted octanol–water partition coefficient (Wildman–Crippen LogP) is 1.39. The number of hydrogen-bond acceptors (Lipinski definition) is 4. The number of nitrogens with zero attached hydrogens (tertiary/aromatic N) is 2. The third-order valence-electron chi connectivity index (χ3n) is 3.11. The Bertz CT molecular complexity index is 402. The number of carbonyl (C=O) groups is 1. The molecule has 0 saturated carbocycles. The molecule has 92 valence electrons. The summed E-state index contributed by atoms with van der Waals surface area (Å²) in [6, 6.07) is 3.88. The molecule has 5 nitrogen and oxygen atoms in total. The van der Waals surface area contributed by atoms with E-state index in [9.17, 15) is 4.79 Å². The maximum absolute atomic E-state index is 11.1. The molecule has 2 heterocycles. The average molecular weight is 236 g/mol. The minimum Gasteiger partial charge on any atom is -0.476 e. The van der Waals surface area contributed by atoms with E-state index in [1.165, 1.54) is 6.20 Å². The summed E-state index contributed by atoms with van der Waals surface area (Å²) in [7, 11) is 1.92. The highest BCUT2D eigenvalue weighted by molar-refractivity contribution is 5.92. The van der Waals surface area contributed by atoms with Crippen LogP contribution in [0.25, 0.3) is 0 Å². The van der Waals surface area contributed by atoms with Crippen LogP contribution in [-0.2, 0) is 4.74 Å². The average Bonchev–Trinajstić information content (AvgIpc) is 2.39. The summed E-state index contributed by atoms with van der Waals surface area (Å²) in [4.78, 5) is 17.0. The summed E-state index contributed by atoms with van der Waals surface area (Å²) < 4.78 is 5.30. The van der Waals surface area contributed by atoms with Crippen LogP contribution >= 0.6 is 0 Å². The first-order valence-electron chi connectivity index (χ1n) is 5.69. The Balaban J connectivity index is 2.23. The van der Waals surface area contributed by atoms with Crippen LogP contribution in [0.1, 0.15) is 23.3 Å². The Morgan fingerprint density at radius 3 is 2.88 bits per heavy atom. The second-order valence-corrected chi connectivity index (χ2v) is 4.13. The zero-order chi connectivity index (χ0) is 12.3. The predicted molar refractivity (Wildman–Crippen MR) is 63.4 cm³/mol. The lowest BCUT2D eigenvalue weighted by atomic mass is 10.1. The highest BCUT2D eigenvalue weighted by Gasteiger charge is 2.22. The van der Waals surface area contributed by atoms with Crippen molar-refractivity contribution in [2.45, 2.75) is 18.9 Å². The molecular formula is C12H16N2O3. The molecule has 0 amide bonds. The first kappa shape index (κ1) is 11.9. The first-order valence-corrected chi connectivity index (χ1v) is 5.69. The molecule has 0 radical (unpaired) electrons. The van der Waals surface area contributed by atoms with E-state index in [0.29, 0.717) is 11.7 Å². The van der Waals surface area contributed by atoms with Gasteiger partial charge in [-0.3, -0.25) is 0 Å². The van der Waals surface area contributed by atoms with E-state index in [-0.39, 0.29) is 5.69 Å². The molecule has 0 aliphatic carbocycles. The summed E-state index contributed by atoms with van der Waals surface area (Å²) in [5.74, 6) is -0.987.